The quantitative estimate of drug-likeness (QED) is 0.323. The van der Waals surface area contributed by atoms with Crippen molar-refractivity contribution < 1.29 is 29.0 Å². The third-order valence-corrected chi connectivity index (χ3v) is 4.42. The summed E-state index contributed by atoms with van der Waals surface area (Å²) in [5.74, 6) is -2.80. The minimum Gasteiger partial charge on any atom is -0.480 e. The van der Waals surface area contributed by atoms with Gasteiger partial charge in [0.2, 0.25) is 15.7 Å². The summed E-state index contributed by atoms with van der Waals surface area (Å²) in [5, 5.41) is 17.4. The highest BCUT2D eigenvalue weighted by Crippen LogP contribution is 2.11. The number of hydrogen-bond donors (Lipinski definition) is 2. The van der Waals surface area contributed by atoms with E-state index < -0.39 is 30.9 Å². The van der Waals surface area contributed by atoms with Crippen LogP contribution in [0, 0.1) is 0 Å². The molecular weight excluding hydrogens is 330 g/mol. The van der Waals surface area contributed by atoms with Crippen molar-refractivity contribution in [3.8, 4) is 0 Å². The average Bonchev–Trinajstić information content (AvgIpc) is 2.50. The van der Waals surface area contributed by atoms with Crippen molar-refractivity contribution in [1.29, 1.82) is 0 Å². The van der Waals surface area contributed by atoms with Crippen molar-refractivity contribution in [2.24, 2.45) is 0 Å². The molecule has 24 heavy (non-hydrogen) atoms. The predicted molar refractivity (Wildman–Crippen MR) is 91.0 cm³/mol. The number of carboxylic acid groups (broad SMARTS) is 2. The Hall–Kier alpha value is -1.41. The van der Waals surface area contributed by atoms with Gasteiger partial charge < -0.3 is 19.5 Å². The number of aliphatic carboxylic acids is 2. The van der Waals surface area contributed by atoms with E-state index in [0.29, 0.717) is 16.2 Å². The molecule has 0 aliphatic rings. The Morgan fingerprint density at radius 1 is 0.833 bits per heavy atom. The molecule has 0 atom stereocenters. The van der Waals surface area contributed by atoms with Crippen LogP contribution in [0.1, 0.15) is 57.8 Å². The van der Waals surface area contributed by atoms with Crippen molar-refractivity contribution in [2.75, 3.05) is 20.2 Å². The first-order valence-electron chi connectivity index (χ1n) is 8.44. The number of amides is 1. The molecule has 1 amide bonds. The first-order valence-corrected chi connectivity index (χ1v) is 9.56. The molecule has 8 heteroatoms. The highest BCUT2D eigenvalue weighted by molar-refractivity contribution is 6.26. The molecule has 0 aromatic heterocycles. The van der Waals surface area contributed by atoms with Crippen LogP contribution in [0.3, 0.4) is 0 Å². The van der Waals surface area contributed by atoms with Crippen LogP contribution in [0.4, 0.5) is 0 Å². The average molecular weight is 359 g/mol. The Morgan fingerprint density at radius 2 is 1.29 bits per heavy atom. The molecular formula is C16H29NO6Si. The number of rotatable bonds is 16. The van der Waals surface area contributed by atoms with Crippen molar-refractivity contribution in [3.05, 3.63) is 0 Å². The molecule has 0 aliphatic carbocycles. The van der Waals surface area contributed by atoms with Gasteiger partial charge in [0.05, 0.1) is 0 Å². The lowest BCUT2D eigenvalue weighted by atomic mass is 10.1. The molecule has 138 valence electrons. The van der Waals surface area contributed by atoms with Crippen LogP contribution in [0.25, 0.3) is 0 Å². The smallest absolute Gasteiger partial charge is 0.323 e. The topological polar surface area (TPSA) is 104 Å². The predicted octanol–water partition coefficient (Wildman–Crippen LogP) is 2.18. The molecule has 0 saturated heterocycles. The molecule has 0 spiro atoms. The van der Waals surface area contributed by atoms with Gasteiger partial charge in [0.15, 0.2) is 0 Å². The van der Waals surface area contributed by atoms with Gasteiger partial charge in [-0.05, 0) is 12.5 Å². The van der Waals surface area contributed by atoms with Gasteiger partial charge in [0, 0.05) is 13.5 Å². The maximum atomic E-state index is 11.9. The van der Waals surface area contributed by atoms with Crippen molar-refractivity contribution in [3.63, 3.8) is 0 Å². The molecule has 0 fully saturated rings. The molecule has 2 N–H and O–H groups in total. The fraction of sp³-hybridized carbons (Fsp3) is 0.812. The maximum Gasteiger partial charge on any atom is 0.323 e. The summed E-state index contributed by atoms with van der Waals surface area (Å²) in [7, 11) is 2.34. The zero-order chi connectivity index (χ0) is 18.2. The van der Waals surface area contributed by atoms with E-state index in [1.54, 1.807) is 7.11 Å². The fourth-order valence-electron chi connectivity index (χ4n) is 2.35. The molecule has 0 heterocycles. The van der Waals surface area contributed by atoms with Crippen LogP contribution in [0.15, 0.2) is 0 Å². The van der Waals surface area contributed by atoms with Gasteiger partial charge in [0.1, 0.15) is 13.1 Å². The monoisotopic (exact) mass is 359 g/mol. The van der Waals surface area contributed by atoms with E-state index in [1.807, 2.05) is 0 Å². The lowest BCUT2D eigenvalue weighted by Crippen LogP contribution is -2.39. The molecule has 0 rings (SSSR count). The van der Waals surface area contributed by atoms with Crippen LogP contribution in [0.2, 0.25) is 6.04 Å². The largest absolute Gasteiger partial charge is 0.480 e. The van der Waals surface area contributed by atoms with Gasteiger partial charge in [-0.3, -0.25) is 14.4 Å². The second-order valence-corrected chi connectivity index (χ2v) is 6.91. The highest BCUT2D eigenvalue weighted by Gasteiger charge is 2.18. The Bertz CT molecular complexity index is 362. The van der Waals surface area contributed by atoms with Gasteiger partial charge >= 0.3 is 11.9 Å². The van der Waals surface area contributed by atoms with Gasteiger partial charge in [-0.25, -0.2) is 0 Å². The first-order chi connectivity index (χ1) is 11.5. The molecule has 2 radical (unpaired) electrons. The van der Waals surface area contributed by atoms with Crippen LogP contribution in [0.5, 0.6) is 0 Å². The van der Waals surface area contributed by atoms with E-state index >= 15 is 0 Å². The third kappa shape index (κ3) is 14.2. The Labute approximate surface area is 146 Å². The van der Waals surface area contributed by atoms with E-state index in [4.69, 9.17) is 14.6 Å². The summed E-state index contributed by atoms with van der Waals surface area (Å²) in [4.78, 5) is 34.1. The van der Waals surface area contributed by atoms with Crippen LogP contribution < -0.4 is 0 Å². The summed E-state index contributed by atoms with van der Waals surface area (Å²) in [6.45, 7) is -1.12. The molecule has 0 aromatic carbocycles. The fourth-order valence-corrected chi connectivity index (χ4v) is 2.95. The maximum absolute atomic E-state index is 11.9. The van der Waals surface area contributed by atoms with Crippen LogP contribution in [-0.2, 0) is 18.8 Å². The Kier molecular flexibility index (Phi) is 14.2. The second-order valence-electron chi connectivity index (χ2n) is 5.71. The first kappa shape index (κ1) is 22.6. The minimum atomic E-state index is -1.20. The second kappa shape index (κ2) is 15.1. The minimum absolute atomic E-state index is 0.207. The number of carbonyl (C=O) groups excluding carboxylic acids is 1. The number of carboxylic acids is 2. The summed E-state index contributed by atoms with van der Waals surface area (Å²) in [6.07, 6.45) is 8.82. The van der Waals surface area contributed by atoms with E-state index in [0.717, 1.165) is 30.2 Å². The molecule has 0 unspecified atom stereocenters. The Balaban J connectivity index is 3.65. The van der Waals surface area contributed by atoms with Crippen molar-refractivity contribution >= 4 is 27.6 Å². The van der Waals surface area contributed by atoms with Crippen LogP contribution in [-0.4, -0.2) is 62.9 Å². The van der Waals surface area contributed by atoms with E-state index in [-0.39, 0.29) is 6.42 Å². The molecule has 0 aromatic rings. The zero-order valence-electron chi connectivity index (χ0n) is 14.5. The van der Waals surface area contributed by atoms with Gasteiger partial charge in [-0.15, -0.1) is 0 Å². The van der Waals surface area contributed by atoms with Crippen molar-refractivity contribution in [2.45, 2.75) is 63.8 Å². The lowest BCUT2D eigenvalue weighted by molar-refractivity contribution is -0.149. The molecule has 0 saturated carbocycles. The molecule has 7 nitrogen and oxygen atoms in total. The lowest BCUT2D eigenvalue weighted by Gasteiger charge is -2.18. The number of unbranched alkanes of at least 4 members (excludes halogenated alkanes) is 7. The number of hydrogen-bond acceptors (Lipinski definition) is 4. The van der Waals surface area contributed by atoms with Crippen LogP contribution >= 0.6 is 0 Å². The van der Waals surface area contributed by atoms with Crippen molar-refractivity contribution in [1.82, 2.24) is 4.90 Å². The van der Waals surface area contributed by atoms with E-state index in [2.05, 4.69) is 0 Å². The number of nitrogens with zero attached hydrogens (tertiary/aromatic N) is 1. The molecule has 0 aliphatic heterocycles. The SMILES string of the molecule is CO[Si]CCCCCCCCCCC(=O)N(CC(=O)O)CC(=O)O. The standard InChI is InChI=1S/C16H29NO6Si/c1-23-24-11-9-7-5-3-2-4-6-8-10-14(18)17(12-15(19)20)13-16(21)22/h2-13H2,1H3,(H,19,20)(H,21,22). The summed E-state index contributed by atoms with van der Waals surface area (Å²) in [6, 6.07) is 1.14. The van der Waals surface area contributed by atoms with E-state index in [9.17, 15) is 14.4 Å². The van der Waals surface area contributed by atoms with E-state index in [1.165, 1.54) is 25.7 Å². The summed E-state index contributed by atoms with van der Waals surface area (Å²) in [5.41, 5.74) is 0. The van der Waals surface area contributed by atoms with Gasteiger partial charge in [0.25, 0.3) is 0 Å². The molecule has 0 bridgehead atoms. The number of carbonyl (C=O) groups is 3. The summed E-state index contributed by atoms with van der Waals surface area (Å²) >= 11 is 0. The van der Waals surface area contributed by atoms with Gasteiger partial charge in [-0.2, -0.15) is 0 Å². The van der Waals surface area contributed by atoms with Gasteiger partial charge in [-0.1, -0.05) is 44.9 Å². The highest BCUT2D eigenvalue weighted by atomic mass is 28.2. The summed E-state index contributed by atoms with van der Waals surface area (Å²) < 4.78 is 5.02. The zero-order valence-corrected chi connectivity index (χ0v) is 15.5. The normalized spacial score (nSPS) is 10.5. The Morgan fingerprint density at radius 3 is 1.75 bits per heavy atom. The third-order valence-electron chi connectivity index (χ3n) is 3.57.